The lowest BCUT2D eigenvalue weighted by Crippen LogP contribution is -2.45. The van der Waals surface area contributed by atoms with Crippen LogP contribution in [0.5, 0.6) is 5.75 Å². The van der Waals surface area contributed by atoms with E-state index in [0.717, 1.165) is 29.3 Å². The first-order valence-corrected chi connectivity index (χ1v) is 9.33. The average Bonchev–Trinajstić information content (AvgIpc) is 3.48. The fourth-order valence-corrected chi connectivity index (χ4v) is 4.09. The van der Waals surface area contributed by atoms with Gasteiger partial charge in [0.15, 0.2) is 5.76 Å². The smallest absolute Gasteiger partial charge is 0.289 e. The van der Waals surface area contributed by atoms with Gasteiger partial charge in [-0.1, -0.05) is 12.1 Å². The van der Waals surface area contributed by atoms with Gasteiger partial charge in [0, 0.05) is 12.1 Å². The maximum absolute atomic E-state index is 12.6. The van der Waals surface area contributed by atoms with Crippen LogP contribution in [0.3, 0.4) is 0 Å². The SMILES string of the molecule is COc1cccc(-c2cnc3n2C[C@]2(CCN(C(=O)c4ccco4)C2)OC3)c1. The van der Waals surface area contributed by atoms with Crippen LogP contribution >= 0.6 is 0 Å². The van der Waals surface area contributed by atoms with Gasteiger partial charge in [-0.2, -0.15) is 0 Å². The second-order valence-corrected chi connectivity index (χ2v) is 7.30. The Labute approximate surface area is 162 Å². The van der Waals surface area contributed by atoms with Gasteiger partial charge in [-0.15, -0.1) is 0 Å². The summed E-state index contributed by atoms with van der Waals surface area (Å²) >= 11 is 0. The molecule has 0 radical (unpaired) electrons. The minimum atomic E-state index is -0.399. The van der Waals surface area contributed by atoms with E-state index in [-0.39, 0.29) is 5.91 Å². The minimum Gasteiger partial charge on any atom is -0.497 e. The van der Waals surface area contributed by atoms with E-state index in [9.17, 15) is 4.79 Å². The maximum atomic E-state index is 12.6. The number of carbonyl (C=O) groups excluding carboxylic acids is 1. The van der Waals surface area contributed by atoms with Crippen molar-refractivity contribution in [3.63, 3.8) is 0 Å². The Morgan fingerprint density at radius 2 is 2.18 bits per heavy atom. The average molecular weight is 379 g/mol. The van der Waals surface area contributed by atoms with Gasteiger partial charge >= 0.3 is 0 Å². The molecule has 2 aliphatic heterocycles. The van der Waals surface area contributed by atoms with E-state index in [1.165, 1.54) is 6.26 Å². The zero-order chi connectivity index (χ0) is 19.1. The zero-order valence-corrected chi connectivity index (χ0v) is 15.6. The number of aromatic nitrogens is 2. The molecule has 28 heavy (non-hydrogen) atoms. The number of fused-ring (bicyclic) bond motifs is 1. The molecule has 4 heterocycles. The molecule has 7 nitrogen and oxygen atoms in total. The first-order chi connectivity index (χ1) is 13.7. The van der Waals surface area contributed by atoms with E-state index in [1.54, 1.807) is 19.2 Å². The molecule has 2 aromatic heterocycles. The van der Waals surface area contributed by atoms with Crippen LogP contribution in [-0.4, -0.2) is 46.2 Å². The Bertz CT molecular complexity index is 1010. The second kappa shape index (κ2) is 6.53. The molecule has 144 valence electrons. The monoisotopic (exact) mass is 379 g/mol. The number of hydrogen-bond donors (Lipinski definition) is 0. The standard InChI is InChI=1S/C21H21N3O4/c1-26-16-5-2-4-15(10-16)17-11-22-19-12-28-21(14-24(17)19)7-8-23(13-21)20(25)18-6-3-9-27-18/h2-6,9-11H,7-8,12-14H2,1H3/t21-/m1/s1. The molecule has 1 fully saturated rings. The lowest BCUT2D eigenvalue weighted by molar-refractivity contribution is -0.0805. The van der Waals surface area contributed by atoms with Crippen LogP contribution in [0.4, 0.5) is 0 Å². The number of hydrogen-bond acceptors (Lipinski definition) is 5. The van der Waals surface area contributed by atoms with Crippen LogP contribution in [-0.2, 0) is 17.9 Å². The van der Waals surface area contributed by atoms with Crippen molar-refractivity contribution in [2.45, 2.75) is 25.2 Å². The van der Waals surface area contributed by atoms with Crippen LogP contribution in [0.15, 0.2) is 53.3 Å². The summed E-state index contributed by atoms with van der Waals surface area (Å²) in [6.45, 7) is 2.29. The predicted molar refractivity (Wildman–Crippen MR) is 101 cm³/mol. The largest absolute Gasteiger partial charge is 0.497 e. The molecule has 5 rings (SSSR count). The highest BCUT2D eigenvalue weighted by molar-refractivity contribution is 5.91. The Balaban J connectivity index is 1.41. The zero-order valence-electron chi connectivity index (χ0n) is 15.6. The van der Waals surface area contributed by atoms with Crippen molar-refractivity contribution in [1.29, 1.82) is 0 Å². The van der Waals surface area contributed by atoms with E-state index >= 15 is 0 Å². The van der Waals surface area contributed by atoms with Gasteiger partial charge in [0.25, 0.3) is 5.91 Å². The molecule has 0 unspecified atom stereocenters. The van der Waals surface area contributed by atoms with Gasteiger partial charge in [-0.3, -0.25) is 4.79 Å². The fraction of sp³-hybridized carbons (Fsp3) is 0.333. The quantitative estimate of drug-likeness (QED) is 0.700. The van der Waals surface area contributed by atoms with Gasteiger partial charge in [-0.25, -0.2) is 4.98 Å². The maximum Gasteiger partial charge on any atom is 0.289 e. The Morgan fingerprint density at radius 3 is 3.00 bits per heavy atom. The molecule has 2 aliphatic rings. The summed E-state index contributed by atoms with van der Waals surface area (Å²) in [6.07, 6.45) is 4.19. The molecule has 0 saturated carbocycles. The highest BCUT2D eigenvalue weighted by Gasteiger charge is 2.45. The summed E-state index contributed by atoms with van der Waals surface area (Å²) in [5.74, 6) is 1.99. The molecular weight excluding hydrogens is 358 g/mol. The topological polar surface area (TPSA) is 69.7 Å². The van der Waals surface area contributed by atoms with E-state index in [4.69, 9.17) is 13.9 Å². The number of imidazole rings is 1. The van der Waals surface area contributed by atoms with Gasteiger partial charge in [-0.05, 0) is 30.7 Å². The van der Waals surface area contributed by atoms with Crippen molar-refractivity contribution in [2.24, 2.45) is 0 Å². The number of amides is 1. The van der Waals surface area contributed by atoms with Crippen LogP contribution < -0.4 is 4.74 Å². The summed E-state index contributed by atoms with van der Waals surface area (Å²) < 4.78 is 19.0. The van der Waals surface area contributed by atoms with E-state index < -0.39 is 5.60 Å². The number of rotatable bonds is 3. The third-order valence-corrected chi connectivity index (χ3v) is 5.59. The first-order valence-electron chi connectivity index (χ1n) is 9.33. The molecule has 1 amide bonds. The van der Waals surface area contributed by atoms with Crippen LogP contribution in [0.1, 0.15) is 22.8 Å². The molecule has 1 atom stereocenters. The normalized spacial score (nSPS) is 21.1. The number of benzene rings is 1. The molecule has 3 aromatic rings. The molecule has 1 spiro atoms. The third kappa shape index (κ3) is 2.79. The van der Waals surface area contributed by atoms with Crippen LogP contribution in [0, 0.1) is 0 Å². The summed E-state index contributed by atoms with van der Waals surface area (Å²) in [6, 6.07) is 11.4. The highest BCUT2D eigenvalue weighted by Crippen LogP contribution is 2.36. The Kier molecular flexibility index (Phi) is 3.98. The predicted octanol–water partition coefficient (Wildman–Crippen LogP) is 2.97. The number of carbonyl (C=O) groups is 1. The molecular formula is C21H21N3O4. The molecule has 1 saturated heterocycles. The summed E-state index contributed by atoms with van der Waals surface area (Å²) in [4.78, 5) is 19.0. The Morgan fingerprint density at radius 1 is 1.25 bits per heavy atom. The lowest BCUT2D eigenvalue weighted by Gasteiger charge is -2.35. The number of ether oxygens (including phenoxy) is 2. The number of likely N-dealkylation sites (tertiary alicyclic amines) is 1. The van der Waals surface area contributed by atoms with Gasteiger partial charge in [0.05, 0.1) is 38.4 Å². The van der Waals surface area contributed by atoms with Crippen molar-refractivity contribution in [3.8, 4) is 17.0 Å². The molecule has 0 aliphatic carbocycles. The van der Waals surface area contributed by atoms with Gasteiger partial charge in [0.1, 0.15) is 23.8 Å². The van der Waals surface area contributed by atoms with Crippen LogP contribution in [0.25, 0.3) is 11.3 Å². The minimum absolute atomic E-state index is 0.0880. The van der Waals surface area contributed by atoms with Crippen molar-refractivity contribution in [2.75, 3.05) is 20.2 Å². The van der Waals surface area contributed by atoms with Crippen LogP contribution in [0.2, 0.25) is 0 Å². The van der Waals surface area contributed by atoms with Crippen molar-refractivity contribution in [3.05, 3.63) is 60.4 Å². The van der Waals surface area contributed by atoms with E-state index in [1.807, 2.05) is 29.3 Å². The van der Waals surface area contributed by atoms with E-state index in [0.29, 0.717) is 32.0 Å². The number of nitrogens with zero attached hydrogens (tertiary/aromatic N) is 3. The first kappa shape index (κ1) is 17.1. The molecule has 0 bridgehead atoms. The van der Waals surface area contributed by atoms with Crippen molar-refractivity contribution in [1.82, 2.24) is 14.5 Å². The summed E-state index contributed by atoms with van der Waals surface area (Å²) in [5.41, 5.74) is 1.69. The van der Waals surface area contributed by atoms with Crippen molar-refractivity contribution < 1.29 is 18.7 Å². The summed E-state index contributed by atoms with van der Waals surface area (Å²) in [7, 11) is 1.66. The fourth-order valence-electron chi connectivity index (χ4n) is 4.09. The lowest BCUT2D eigenvalue weighted by atomic mass is 10.0. The number of furan rings is 1. The Hall–Kier alpha value is -3.06. The third-order valence-electron chi connectivity index (χ3n) is 5.59. The number of methoxy groups -OCH3 is 1. The molecule has 7 heteroatoms. The molecule has 0 N–H and O–H groups in total. The van der Waals surface area contributed by atoms with Gasteiger partial charge < -0.3 is 23.4 Å². The summed E-state index contributed by atoms with van der Waals surface area (Å²) in [5, 5.41) is 0. The van der Waals surface area contributed by atoms with Gasteiger partial charge in [0.2, 0.25) is 0 Å². The molecule has 1 aromatic carbocycles. The van der Waals surface area contributed by atoms with E-state index in [2.05, 4.69) is 15.6 Å². The second-order valence-electron chi connectivity index (χ2n) is 7.30. The highest BCUT2D eigenvalue weighted by atomic mass is 16.5. The van der Waals surface area contributed by atoms with Crippen molar-refractivity contribution >= 4 is 5.91 Å².